The summed E-state index contributed by atoms with van der Waals surface area (Å²) >= 11 is 0. The van der Waals surface area contributed by atoms with Crippen molar-refractivity contribution in [2.45, 2.75) is 39.5 Å². The number of nitrogens with zero attached hydrogens (tertiary/aromatic N) is 3. The number of ether oxygens (including phenoxy) is 1. The third-order valence-corrected chi connectivity index (χ3v) is 3.70. The summed E-state index contributed by atoms with van der Waals surface area (Å²) in [5, 5.41) is 3.30. The van der Waals surface area contributed by atoms with Crippen molar-refractivity contribution in [2.75, 3.05) is 43.8 Å². The number of nitrogens with one attached hydrogen (secondary N) is 1. The van der Waals surface area contributed by atoms with Crippen LogP contribution in [0.4, 0.5) is 11.5 Å². The first kappa shape index (κ1) is 15.8. The number of nitrogens with two attached hydrogens (primary N) is 1. The van der Waals surface area contributed by atoms with Gasteiger partial charge in [0.25, 0.3) is 0 Å². The van der Waals surface area contributed by atoms with Gasteiger partial charge in [0, 0.05) is 6.54 Å². The van der Waals surface area contributed by atoms with E-state index in [1.54, 1.807) is 0 Å². The molecule has 0 amide bonds. The molecule has 2 heterocycles. The molecular formula is C15H27N5O. The van der Waals surface area contributed by atoms with Crippen molar-refractivity contribution in [3.05, 3.63) is 5.82 Å². The standard InChI is InChI=1S/C15H27N5O/c1-3-21-15-13(16)14(18-12(2)19-15)17-8-4-5-9-20-10-6-7-11-20/h3-11,16H2,1-2H3,(H,17,18,19). The van der Waals surface area contributed by atoms with Crippen molar-refractivity contribution < 1.29 is 4.74 Å². The summed E-state index contributed by atoms with van der Waals surface area (Å²) in [4.78, 5) is 11.1. The zero-order chi connectivity index (χ0) is 15.1. The lowest BCUT2D eigenvalue weighted by Gasteiger charge is -2.15. The van der Waals surface area contributed by atoms with E-state index in [1.807, 2.05) is 13.8 Å². The minimum Gasteiger partial charge on any atom is -0.476 e. The predicted octanol–water partition coefficient (Wildman–Crippen LogP) is 2.05. The van der Waals surface area contributed by atoms with Crippen LogP contribution in [0.1, 0.15) is 38.4 Å². The molecule has 0 bridgehead atoms. The number of rotatable bonds is 8. The number of hydrogen-bond acceptors (Lipinski definition) is 6. The number of unbranched alkanes of at least 4 members (excludes halogenated alkanes) is 1. The number of hydrogen-bond donors (Lipinski definition) is 2. The Kier molecular flexibility index (Phi) is 6.04. The minimum atomic E-state index is 0.476. The smallest absolute Gasteiger partial charge is 0.242 e. The maximum atomic E-state index is 6.03. The Balaban J connectivity index is 1.76. The summed E-state index contributed by atoms with van der Waals surface area (Å²) < 4.78 is 5.43. The molecule has 0 aromatic carbocycles. The summed E-state index contributed by atoms with van der Waals surface area (Å²) in [6.45, 7) is 8.93. The van der Waals surface area contributed by atoms with Gasteiger partial charge in [0.05, 0.1) is 6.61 Å². The van der Waals surface area contributed by atoms with Gasteiger partial charge in [-0.1, -0.05) is 0 Å². The van der Waals surface area contributed by atoms with E-state index < -0.39 is 0 Å². The maximum Gasteiger partial charge on any atom is 0.242 e. The molecule has 1 saturated heterocycles. The molecule has 118 valence electrons. The van der Waals surface area contributed by atoms with Gasteiger partial charge in [0.1, 0.15) is 11.5 Å². The van der Waals surface area contributed by atoms with Gasteiger partial charge in [0.2, 0.25) is 5.88 Å². The van der Waals surface area contributed by atoms with Crippen LogP contribution in [0.25, 0.3) is 0 Å². The second-order valence-corrected chi connectivity index (χ2v) is 5.45. The Morgan fingerprint density at radius 1 is 1.24 bits per heavy atom. The van der Waals surface area contributed by atoms with E-state index in [2.05, 4.69) is 20.2 Å². The highest BCUT2D eigenvalue weighted by atomic mass is 16.5. The molecule has 6 heteroatoms. The van der Waals surface area contributed by atoms with E-state index in [0.717, 1.165) is 13.0 Å². The van der Waals surface area contributed by atoms with E-state index in [1.165, 1.54) is 38.9 Å². The Morgan fingerprint density at radius 2 is 2.00 bits per heavy atom. The normalized spacial score (nSPS) is 15.3. The molecular weight excluding hydrogens is 266 g/mol. The van der Waals surface area contributed by atoms with Gasteiger partial charge in [-0.25, -0.2) is 4.98 Å². The SMILES string of the molecule is CCOc1nc(C)nc(NCCCCN2CCCC2)c1N. The lowest BCUT2D eigenvalue weighted by molar-refractivity contribution is 0.327. The fourth-order valence-electron chi connectivity index (χ4n) is 2.61. The van der Waals surface area contributed by atoms with Crippen molar-refractivity contribution in [1.82, 2.24) is 14.9 Å². The van der Waals surface area contributed by atoms with E-state index >= 15 is 0 Å². The second kappa shape index (κ2) is 8.02. The summed E-state index contributed by atoms with van der Waals surface area (Å²) in [6.07, 6.45) is 5.03. The first-order valence-electron chi connectivity index (χ1n) is 7.94. The first-order valence-corrected chi connectivity index (χ1v) is 7.94. The van der Waals surface area contributed by atoms with Gasteiger partial charge in [0.15, 0.2) is 5.82 Å². The highest BCUT2D eigenvalue weighted by molar-refractivity contribution is 5.66. The molecule has 0 spiro atoms. The summed E-state index contributed by atoms with van der Waals surface area (Å²) in [5.41, 5.74) is 6.53. The Hall–Kier alpha value is -1.56. The van der Waals surface area contributed by atoms with Crippen molar-refractivity contribution in [1.29, 1.82) is 0 Å². The summed E-state index contributed by atoms with van der Waals surface area (Å²) in [7, 11) is 0. The molecule has 0 aliphatic carbocycles. The number of likely N-dealkylation sites (tertiary alicyclic amines) is 1. The summed E-state index contributed by atoms with van der Waals surface area (Å²) in [5.74, 6) is 1.84. The number of aryl methyl sites for hydroxylation is 1. The van der Waals surface area contributed by atoms with Crippen LogP contribution >= 0.6 is 0 Å². The molecule has 6 nitrogen and oxygen atoms in total. The van der Waals surface area contributed by atoms with Crippen LogP contribution in [0.15, 0.2) is 0 Å². The molecule has 1 aromatic heterocycles. The van der Waals surface area contributed by atoms with Gasteiger partial charge in [-0.15, -0.1) is 0 Å². The van der Waals surface area contributed by atoms with Gasteiger partial charge >= 0.3 is 0 Å². The highest BCUT2D eigenvalue weighted by Crippen LogP contribution is 2.25. The quantitative estimate of drug-likeness (QED) is 0.714. The van der Waals surface area contributed by atoms with Crippen LogP contribution in [0, 0.1) is 6.92 Å². The van der Waals surface area contributed by atoms with Crippen LogP contribution < -0.4 is 15.8 Å². The third-order valence-electron chi connectivity index (χ3n) is 3.70. The monoisotopic (exact) mass is 293 g/mol. The van der Waals surface area contributed by atoms with Crippen LogP contribution in [0.5, 0.6) is 5.88 Å². The fourth-order valence-corrected chi connectivity index (χ4v) is 2.61. The third kappa shape index (κ3) is 4.74. The number of nitrogen functional groups attached to an aromatic ring is 1. The van der Waals surface area contributed by atoms with E-state index in [-0.39, 0.29) is 0 Å². The molecule has 3 N–H and O–H groups in total. The molecule has 1 aromatic rings. The van der Waals surface area contributed by atoms with Crippen LogP contribution in [0.3, 0.4) is 0 Å². The average molecular weight is 293 g/mol. The Labute approximate surface area is 127 Å². The van der Waals surface area contributed by atoms with Crippen molar-refractivity contribution >= 4 is 11.5 Å². The van der Waals surface area contributed by atoms with Gasteiger partial charge in [-0.2, -0.15) is 4.98 Å². The average Bonchev–Trinajstić information content (AvgIpc) is 2.96. The van der Waals surface area contributed by atoms with E-state index in [4.69, 9.17) is 10.5 Å². The van der Waals surface area contributed by atoms with Crippen LogP contribution in [0.2, 0.25) is 0 Å². The van der Waals surface area contributed by atoms with Crippen LogP contribution in [-0.4, -0.2) is 47.7 Å². The molecule has 0 radical (unpaired) electrons. The lowest BCUT2D eigenvalue weighted by Crippen LogP contribution is -2.21. The van der Waals surface area contributed by atoms with Crippen LogP contribution in [-0.2, 0) is 0 Å². The topological polar surface area (TPSA) is 76.3 Å². The Morgan fingerprint density at radius 3 is 2.71 bits per heavy atom. The van der Waals surface area contributed by atoms with E-state index in [9.17, 15) is 0 Å². The lowest BCUT2D eigenvalue weighted by atomic mass is 10.3. The predicted molar refractivity (Wildman–Crippen MR) is 85.7 cm³/mol. The molecule has 21 heavy (non-hydrogen) atoms. The largest absolute Gasteiger partial charge is 0.476 e. The second-order valence-electron chi connectivity index (χ2n) is 5.45. The van der Waals surface area contributed by atoms with Gasteiger partial charge in [-0.05, 0) is 59.2 Å². The fraction of sp³-hybridized carbons (Fsp3) is 0.733. The van der Waals surface area contributed by atoms with Crippen molar-refractivity contribution in [3.8, 4) is 5.88 Å². The first-order chi connectivity index (χ1) is 10.2. The molecule has 0 unspecified atom stereocenters. The van der Waals surface area contributed by atoms with E-state index in [0.29, 0.717) is 29.8 Å². The minimum absolute atomic E-state index is 0.476. The molecule has 0 saturated carbocycles. The van der Waals surface area contributed by atoms with Crippen molar-refractivity contribution in [2.24, 2.45) is 0 Å². The molecule has 1 aliphatic rings. The Bertz CT molecular complexity index is 446. The van der Waals surface area contributed by atoms with Crippen molar-refractivity contribution in [3.63, 3.8) is 0 Å². The van der Waals surface area contributed by atoms with Gasteiger partial charge in [-0.3, -0.25) is 0 Å². The highest BCUT2D eigenvalue weighted by Gasteiger charge is 2.12. The van der Waals surface area contributed by atoms with Gasteiger partial charge < -0.3 is 20.7 Å². The zero-order valence-corrected chi connectivity index (χ0v) is 13.2. The summed E-state index contributed by atoms with van der Waals surface area (Å²) in [6, 6.07) is 0. The maximum absolute atomic E-state index is 6.03. The molecule has 0 atom stereocenters. The zero-order valence-electron chi connectivity index (χ0n) is 13.2. The number of anilines is 2. The molecule has 1 fully saturated rings. The molecule has 2 rings (SSSR count). The molecule has 1 aliphatic heterocycles. The number of aromatic nitrogens is 2.